The van der Waals surface area contributed by atoms with Crippen LogP contribution in [0, 0.1) is 0 Å². The highest BCUT2D eigenvalue weighted by atomic mass is 16.1. The molecule has 16 heavy (non-hydrogen) atoms. The van der Waals surface area contributed by atoms with Crippen molar-refractivity contribution in [1.29, 1.82) is 0 Å². The molecule has 5 heteroatoms. The molecule has 0 aliphatic rings. The highest BCUT2D eigenvalue weighted by Gasteiger charge is 2.09. The molecule has 1 aromatic heterocycles. The minimum Gasteiger partial charge on any atom is -0.326 e. The summed E-state index contributed by atoms with van der Waals surface area (Å²) < 4.78 is 1.55. The number of aromatic nitrogens is 3. The molecular weight excluding hydrogens is 204 g/mol. The summed E-state index contributed by atoms with van der Waals surface area (Å²) in [5, 5.41) is 6.09. The molecule has 0 saturated carbocycles. The van der Waals surface area contributed by atoms with Crippen LogP contribution in [-0.2, 0) is 6.54 Å². The van der Waals surface area contributed by atoms with Crippen molar-refractivity contribution in [3.8, 4) is 0 Å². The SMILES string of the molecule is CC(c1ccc(CN)cc1)n1cn[nH]c1=O. The van der Waals surface area contributed by atoms with E-state index in [2.05, 4.69) is 10.2 Å². The van der Waals surface area contributed by atoms with Crippen molar-refractivity contribution in [3.63, 3.8) is 0 Å². The number of nitrogens with two attached hydrogens (primary N) is 1. The molecule has 0 radical (unpaired) electrons. The Kier molecular flexibility index (Phi) is 2.87. The van der Waals surface area contributed by atoms with Crippen molar-refractivity contribution >= 4 is 0 Å². The zero-order valence-corrected chi connectivity index (χ0v) is 9.05. The number of hydrogen-bond donors (Lipinski definition) is 2. The fourth-order valence-corrected chi connectivity index (χ4v) is 1.63. The smallest absolute Gasteiger partial charge is 0.326 e. The van der Waals surface area contributed by atoms with Gasteiger partial charge in [-0.15, -0.1) is 0 Å². The first-order valence-corrected chi connectivity index (χ1v) is 5.13. The molecule has 0 aliphatic carbocycles. The second kappa shape index (κ2) is 4.32. The van der Waals surface area contributed by atoms with Gasteiger partial charge in [0.1, 0.15) is 6.33 Å². The quantitative estimate of drug-likeness (QED) is 0.793. The first-order valence-electron chi connectivity index (χ1n) is 5.13. The van der Waals surface area contributed by atoms with E-state index < -0.39 is 0 Å². The van der Waals surface area contributed by atoms with E-state index in [0.29, 0.717) is 6.54 Å². The predicted molar refractivity (Wildman–Crippen MR) is 61.0 cm³/mol. The molecular formula is C11H14N4O. The van der Waals surface area contributed by atoms with Gasteiger partial charge in [0.05, 0.1) is 6.04 Å². The molecule has 1 unspecified atom stereocenters. The van der Waals surface area contributed by atoms with Gasteiger partial charge in [0.2, 0.25) is 0 Å². The Bertz CT molecular complexity index is 511. The molecule has 0 aliphatic heterocycles. The zero-order valence-electron chi connectivity index (χ0n) is 9.05. The maximum Gasteiger partial charge on any atom is 0.343 e. The summed E-state index contributed by atoms with van der Waals surface area (Å²) in [6, 6.07) is 7.87. The minimum absolute atomic E-state index is 0.0296. The molecule has 3 N–H and O–H groups in total. The van der Waals surface area contributed by atoms with Crippen LogP contribution >= 0.6 is 0 Å². The van der Waals surface area contributed by atoms with Crippen LogP contribution in [-0.4, -0.2) is 14.8 Å². The summed E-state index contributed by atoms with van der Waals surface area (Å²) in [6.45, 7) is 2.48. The van der Waals surface area contributed by atoms with Crippen molar-refractivity contribution < 1.29 is 0 Å². The van der Waals surface area contributed by atoms with E-state index in [1.165, 1.54) is 6.33 Å². The molecule has 1 heterocycles. The van der Waals surface area contributed by atoms with E-state index in [0.717, 1.165) is 11.1 Å². The number of nitrogens with zero attached hydrogens (tertiary/aromatic N) is 2. The van der Waals surface area contributed by atoms with Crippen LogP contribution in [0.4, 0.5) is 0 Å². The third-order valence-electron chi connectivity index (χ3n) is 2.69. The third-order valence-corrected chi connectivity index (χ3v) is 2.69. The van der Waals surface area contributed by atoms with Crippen LogP contribution in [0.15, 0.2) is 35.4 Å². The molecule has 0 fully saturated rings. The van der Waals surface area contributed by atoms with E-state index in [9.17, 15) is 4.79 Å². The Labute approximate surface area is 92.9 Å². The lowest BCUT2D eigenvalue weighted by Gasteiger charge is -2.12. The van der Waals surface area contributed by atoms with Gasteiger partial charge >= 0.3 is 5.69 Å². The molecule has 1 aromatic carbocycles. The number of H-pyrrole nitrogens is 1. The van der Waals surface area contributed by atoms with Gasteiger partial charge in [-0.05, 0) is 18.1 Å². The van der Waals surface area contributed by atoms with E-state index in [1.807, 2.05) is 31.2 Å². The Morgan fingerprint density at radius 1 is 1.44 bits per heavy atom. The highest BCUT2D eigenvalue weighted by Crippen LogP contribution is 2.15. The third kappa shape index (κ3) is 1.90. The second-order valence-corrected chi connectivity index (χ2v) is 3.69. The van der Waals surface area contributed by atoms with Crippen molar-refractivity contribution in [2.45, 2.75) is 19.5 Å². The van der Waals surface area contributed by atoms with Crippen molar-refractivity contribution in [3.05, 3.63) is 52.2 Å². The van der Waals surface area contributed by atoms with Crippen LogP contribution in [0.3, 0.4) is 0 Å². The Morgan fingerprint density at radius 3 is 2.62 bits per heavy atom. The van der Waals surface area contributed by atoms with Crippen LogP contribution in [0.1, 0.15) is 24.1 Å². The van der Waals surface area contributed by atoms with Crippen LogP contribution in [0.25, 0.3) is 0 Å². The predicted octanol–water partition coefficient (Wildman–Crippen LogP) is 0.639. The van der Waals surface area contributed by atoms with Gasteiger partial charge in [-0.1, -0.05) is 24.3 Å². The first kappa shape index (κ1) is 10.6. The fourth-order valence-electron chi connectivity index (χ4n) is 1.63. The summed E-state index contributed by atoms with van der Waals surface area (Å²) in [7, 11) is 0. The first-order chi connectivity index (χ1) is 7.72. The average Bonchev–Trinajstić information content (AvgIpc) is 2.75. The van der Waals surface area contributed by atoms with Crippen LogP contribution < -0.4 is 11.4 Å². The van der Waals surface area contributed by atoms with E-state index >= 15 is 0 Å². The zero-order chi connectivity index (χ0) is 11.5. The highest BCUT2D eigenvalue weighted by molar-refractivity contribution is 5.25. The number of aromatic amines is 1. The fraction of sp³-hybridized carbons (Fsp3) is 0.273. The van der Waals surface area contributed by atoms with Crippen molar-refractivity contribution in [2.24, 2.45) is 5.73 Å². The summed E-state index contributed by atoms with van der Waals surface area (Å²) in [5.41, 5.74) is 7.46. The maximum absolute atomic E-state index is 11.4. The summed E-state index contributed by atoms with van der Waals surface area (Å²) >= 11 is 0. The van der Waals surface area contributed by atoms with Crippen LogP contribution in [0.5, 0.6) is 0 Å². The van der Waals surface area contributed by atoms with Gasteiger partial charge < -0.3 is 5.73 Å². The Balaban J connectivity index is 2.31. The van der Waals surface area contributed by atoms with E-state index in [1.54, 1.807) is 4.57 Å². The molecule has 0 bridgehead atoms. The maximum atomic E-state index is 11.4. The van der Waals surface area contributed by atoms with Gasteiger partial charge in [-0.25, -0.2) is 9.89 Å². The molecule has 0 saturated heterocycles. The Morgan fingerprint density at radius 2 is 2.12 bits per heavy atom. The number of rotatable bonds is 3. The molecule has 2 aromatic rings. The molecule has 2 rings (SSSR count). The lowest BCUT2D eigenvalue weighted by atomic mass is 10.1. The molecule has 0 spiro atoms. The van der Waals surface area contributed by atoms with Gasteiger partial charge in [0, 0.05) is 6.54 Å². The Hall–Kier alpha value is -1.88. The van der Waals surface area contributed by atoms with E-state index in [-0.39, 0.29) is 11.7 Å². The van der Waals surface area contributed by atoms with Gasteiger partial charge in [-0.2, -0.15) is 5.10 Å². The van der Waals surface area contributed by atoms with Crippen molar-refractivity contribution in [2.75, 3.05) is 0 Å². The van der Waals surface area contributed by atoms with Gasteiger partial charge in [-0.3, -0.25) is 4.57 Å². The monoisotopic (exact) mass is 218 g/mol. The average molecular weight is 218 g/mol. The van der Waals surface area contributed by atoms with Crippen molar-refractivity contribution in [1.82, 2.24) is 14.8 Å². The topological polar surface area (TPSA) is 76.7 Å². The molecule has 84 valence electrons. The number of benzene rings is 1. The minimum atomic E-state index is -0.199. The molecule has 5 nitrogen and oxygen atoms in total. The largest absolute Gasteiger partial charge is 0.343 e. The van der Waals surface area contributed by atoms with Gasteiger partial charge in [0.25, 0.3) is 0 Å². The van der Waals surface area contributed by atoms with Crippen LogP contribution in [0.2, 0.25) is 0 Å². The normalized spacial score (nSPS) is 12.6. The summed E-state index contributed by atoms with van der Waals surface area (Å²) in [5.74, 6) is 0. The summed E-state index contributed by atoms with van der Waals surface area (Å²) in [4.78, 5) is 11.4. The summed E-state index contributed by atoms with van der Waals surface area (Å²) in [6.07, 6.45) is 1.50. The molecule has 1 atom stereocenters. The lowest BCUT2D eigenvalue weighted by Crippen LogP contribution is -2.20. The van der Waals surface area contributed by atoms with E-state index in [4.69, 9.17) is 5.73 Å². The standard InChI is InChI=1S/C11H14N4O/c1-8(15-7-13-14-11(15)16)10-4-2-9(6-12)3-5-10/h2-5,7-8H,6,12H2,1H3,(H,14,16). The lowest BCUT2D eigenvalue weighted by molar-refractivity contribution is 0.615. The second-order valence-electron chi connectivity index (χ2n) is 3.69. The van der Waals surface area contributed by atoms with Gasteiger partial charge in [0.15, 0.2) is 0 Å². The number of hydrogen-bond acceptors (Lipinski definition) is 3. The number of nitrogens with one attached hydrogen (secondary N) is 1. The molecule has 0 amide bonds.